The predicted octanol–water partition coefficient (Wildman–Crippen LogP) is 4.26. The van der Waals surface area contributed by atoms with E-state index in [9.17, 15) is 9.18 Å². The number of ether oxygens (including phenoxy) is 1. The molecule has 0 aromatic heterocycles. The van der Waals surface area contributed by atoms with E-state index in [4.69, 9.17) is 9.73 Å². The molecule has 2 aromatic rings. The fraction of sp³-hybridized carbons (Fsp3) is 0.304. The third-order valence-electron chi connectivity index (χ3n) is 5.21. The zero-order valence-corrected chi connectivity index (χ0v) is 15.7. The molecule has 0 spiro atoms. The minimum absolute atomic E-state index is 0.135. The van der Waals surface area contributed by atoms with E-state index in [0.717, 1.165) is 24.0 Å². The first-order chi connectivity index (χ1) is 13.6. The van der Waals surface area contributed by atoms with Crippen LogP contribution in [0.5, 0.6) is 0 Å². The smallest absolute Gasteiger partial charge is 0.224 e. The van der Waals surface area contributed by atoms with Gasteiger partial charge in [0.1, 0.15) is 18.2 Å². The molecule has 1 unspecified atom stereocenters. The zero-order chi connectivity index (χ0) is 19.4. The number of aliphatic imine (C=N–C) groups is 1. The van der Waals surface area contributed by atoms with Gasteiger partial charge in [-0.3, -0.25) is 9.79 Å². The number of benzene rings is 2. The van der Waals surface area contributed by atoms with Gasteiger partial charge in [0.25, 0.3) is 0 Å². The lowest BCUT2D eigenvalue weighted by Crippen LogP contribution is -2.52. The van der Waals surface area contributed by atoms with Crippen molar-refractivity contribution in [3.63, 3.8) is 0 Å². The number of carbonyl (C=O) groups excluding carboxylic acids is 1. The predicted molar refractivity (Wildman–Crippen MR) is 106 cm³/mol. The maximum Gasteiger partial charge on any atom is 0.224 e. The van der Waals surface area contributed by atoms with Crippen LogP contribution in [0.4, 0.5) is 4.39 Å². The Morgan fingerprint density at radius 3 is 2.57 bits per heavy atom. The first-order valence-corrected chi connectivity index (χ1v) is 9.64. The molecule has 144 valence electrons. The molecule has 1 atom stereocenters. The van der Waals surface area contributed by atoms with Crippen LogP contribution < -0.4 is 0 Å². The van der Waals surface area contributed by atoms with Gasteiger partial charge >= 0.3 is 0 Å². The van der Waals surface area contributed by atoms with E-state index < -0.39 is 5.66 Å². The Morgan fingerprint density at radius 1 is 1.04 bits per heavy atom. The van der Waals surface area contributed by atoms with E-state index >= 15 is 0 Å². The van der Waals surface area contributed by atoms with E-state index in [1.54, 1.807) is 18.3 Å². The van der Waals surface area contributed by atoms with Gasteiger partial charge in [0.15, 0.2) is 5.66 Å². The van der Waals surface area contributed by atoms with Crippen LogP contribution >= 0.6 is 0 Å². The lowest BCUT2D eigenvalue weighted by Gasteiger charge is -2.40. The lowest BCUT2D eigenvalue weighted by molar-refractivity contribution is -0.138. The number of nitrogens with zero attached hydrogens (tertiary/aromatic N) is 2. The number of rotatable bonds is 6. The molecule has 0 bridgehead atoms. The minimum Gasteiger partial charge on any atom is -0.487 e. The standard InChI is InChI=1S/C23H23FN2O2/c24-20-11-9-19(10-12-20)17-28-21-15-23(25-16-21,14-18-6-2-1-3-7-18)26-13-5-4-8-22(26)27/h1-3,6-7,9-12,15-16H,4-5,8,13-14,17H2. The number of amides is 1. The molecule has 2 aliphatic rings. The van der Waals surface area contributed by atoms with Gasteiger partial charge in [-0.25, -0.2) is 4.39 Å². The molecule has 0 saturated carbocycles. The van der Waals surface area contributed by atoms with Gasteiger partial charge in [0.2, 0.25) is 5.91 Å². The summed E-state index contributed by atoms with van der Waals surface area (Å²) in [5.74, 6) is 0.505. The van der Waals surface area contributed by atoms with Crippen molar-refractivity contribution in [1.29, 1.82) is 0 Å². The van der Waals surface area contributed by atoms with Crippen LogP contribution in [0.25, 0.3) is 0 Å². The highest BCUT2D eigenvalue weighted by Gasteiger charge is 2.41. The summed E-state index contributed by atoms with van der Waals surface area (Å²) in [5, 5.41) is 0. The zero-order valence-electron chi connectivity index (χ0n) is 15.7. The molecule has 4 rings (SSSR count). The summed E-state index contributed by atoms with van der Waals surface area (Å²) in [6.45, 7) is 1.03. The molecule has 0 N–H and O–H groups in total. The second-order valence-electron chi connectivity index (χ2n) is 7.26. The first-order valence-electron chi connectivity index (χ1n) is 9.64. The molecule has 5 heteroatoms. The van der Waals surface area contributed by atoms with Crippen molar-refractivity contribution in [2.75, 3.05) is 6.54 Å². The van der Waals surface area contributed by atoms with Crippen LogP contribution in [-0.2, 0) is 22.6 Å². The highest BCUT2D eigenvalue weighted by molar-refractivity contribution is 5.83. The van der Waals surface area contributed by atoms with Crippen molar-refractivity contribution < 1.29 is 13.9 Å². The highest BCUT2D eigenvalue weighted by Crippen LogP contribution is 2.33. The third kappa shape index (κ3) is 3.98. The fourth-order valence-corrected chi connectivity index (χ4v) is 3.76. The summed E-state index contributed by atoms with van der Waals surface area (Å²) in [6, 6.07) is 16.3. The normalized spacial score (nSPS) is 21.7. The van der Waals surface area contributed by atoms with Crippen LogP contribution in [0.2, 0.25) is 0 Å². The highest BCUT2D eigenvalue weighted by atomic mass is 19.1. The average molecular weight is 378 g/mol. The summed E-state index contributed by atoms with van der Waals surface area (Å²) in [7, 11) is 0. The van der Waals surface area contributed by atoms with Gasteiger partial charge in [-0.1, -0.05) is 42.5 Å². The van der Waals surface area contributed by atoms with E-state index in [1.807, 2.05) is 29.2 Å². The molecule has 0 radical (unpaired) electrons. The van der Waals surface area contributed by atoms with E-state index in [0.29, 0.717) is 31.8 Å². The average Bonchev–Trinajstić information content (AvgIpc) is 3.12. The Labute approximate surface area is 164 Å². The number of piperidine rings is 1. The van der Waals surface area contributed by atoms with Crippen LogP contribution in [0.3, 0.4) is 0 Å². The second-order valence-corrected chi connectivity index (χ2v) is 7.26. The van der Waals surface area contributed by atoms with Gasteiger partial charge in [-0.2, -0.15) is 0 Å². The second kappa shape index (κ2) is 7.97. The Hall–Kier alpha value is -2.95. The summed E-state index contributed by atoms with van der Waals surface area (Å²) in [6.07, 6.45) is 6.74. The number of carbonyl (C=O) groups is 1. The Kier molecular flexibility index (Phi) is 5.24. The van der Waals surface area contributed by atoms with Crippen LogP contribution in [0, 0.1) is 5.82 Å². The molecular weight excluding hydrogens is 355 g/mol. The molecule has 1 saturated heterocycles. The fourth-order valence-electron chi connectivity index (χ4n) is 3.76. The van der Waals surface area contributed by atoms with Crippen molar-refractivity contribution in [1.82, 2.24) is 4.90 Å². The summed E-state index contributed by atoms with van der Waals surface area (Å²) in [4.78, 5) is 19.3. The molecule has 2 heterocycles. The van der Waals surface area contributed by atoms with E-state index in [1.165, 1.54) is 12.1 Å². The van der Waals surface area contributed by atoms with Crippen molar-refractivity contribution in [2.45, 2.75) is 38.0 Å². The van der Waals surface area contributed by atoms with Crippen LogP contribution in [0.1, 0.15) is 30.4 Å². The third-order valence-corrected chi connectivity index (χ3v) is 5.21. The van der Waals surface area contributed by atoms with Crippen molar-refractivity contribution in [3.8, 4) is 0 Å². The number of hydrogen-bond acceptors (Lipinski definition) is 3. The first kappa shape index (κ1) is 18.4. The summed E-state index contributed by atoms with van der Waals surface area (Å²) >= 11 is 0. The number of allylic oxidation sites excluding steroid dienone is 1. The molecular formula is C23H23FN2O2. The number of likely N-dealkylation sites (tertiary alicyclic amines) is 1. The molecule has 1 amide bonds. The number of hydrogen-bond donors (Lipinski definition) is 0. The van der Waals surface area contributed by atoms with E-state index in [-0.39, 0.29) is 11.7 Å². The van der Waals surface area contributed by atoms with E-state index in [2.05, 4.69) is 12.1 Å². The van der Waals surface area contributed by atoms with Gasteiger partial charge in [-0.05, 0) is 36.1 Å². The molecule has 2 aliphatic heterocycles. The molecule has 1 fully saturated rings. The maximum absolute atomic E-state index is 13.1. The van der Waals surface area contributed by atoms with Gasteiger partial charge < -0.3 is 9.64 Å². The quantitative estimate of drug-likeness (QED) is 0.754. The van der Waals surface area contributed by atoms with Crippen molar-refractivity contribution in [3.05, 3.63) is 83.4 Å². The summed E-state index contributed by atoms with van der Waals surface area (Å²) in [5.41, 5.74) is 1.26. The number of halogens is 1. The van der Waals surface area contributed by atoms with Crippen LogP contribution in [-0.4, -0.2) is 29.2 Å². The van der Waals surface area contributed by atoms with Gasteiger partial charge in [0, 0.05) is 25.5 Å². The summed E-state index contributed by atoms with van der Waals surface area (Å²) < 4.78 is 19.0. The Morgan fingerprint density at radius 2 is 1.82 bits per heavy atom. The monoisotopic (exact) mass is 378 g/mol. The maximum atomic E-state index is 13.1. The molecule has 28 heavy (non-hydrogen) atoms. The molecule has 0 aliphatic carbocycles. The van der Waals surface area contributed by atoms with Gasteiger partial charge in [0.05, 0.1) is 6.21 Å². The van der Waals surface area contributed by atoms with Gasteiger partial charge in [-0.15, -0.1) is 0 Å². The molecule has 2 aromatic carbocycles. The van der Waals surface area contributed by atoms with Crippen molar-refractivity contribution >= 4 is 12.1 Å². The minimum atomic E-state index is -0.739. The van der Waals surface area contributed by atoms with Crippen LogP contribution in [0.15, 0.2) is 71.4 Å². The Balaban J connectivity index is 1.56. The SMILES string of the molecule is O=C1CCCCN1C1(Cc2ccccc2)C=C(OCc2ccc(F)cc2)C=N1. The molecule has 4 nitrogen and oxygen atoms in total. The van der Waals surface area contributed by atoms with Crippen molar-refractivity contribution in [2.24, 2.45) is 4.99 Å². The largest absolute Gasteiger partial charge is 0.487 e. The lowest BCUT2D eigenvalue weighted by atomic mass is 9.95. The topological polar surface area (TPSA) is 41.9 Å². The Bertz CT molecular complexity index is 893.